The number of amides is 2. The van der Waals surface area contributed by atoms with Crippen molar-refractivity contribution < 1.29 is 19.1 Å². The van der Waals surface area contributed by atoms with Gasteiger partial charge in [0, 0.05) is 17.2 Å². The molecule has 32 heavy (non-hydrogen) atoms. The molecular formula is C27H27NO4. The molecule has 1 aliphatic heterocycles. The molecule has 3 aromatic rings. The molecule has 1 unspecified atom stereocenters. The number of carbonyl (C=O) groups is 2. The van der Waals surface area contributed by atoms with Crippen molar-refractivity contribution in [3.05, 3.63) is 95.6 Å². The molecule has 1 fully saturated rings. The molecule has 0 saturated carbocycles. The maximum absolute atomic E-state index is 13.6. The Bertz CT molecular complexity index is 1100. The van der Waals surface area contributed by atoms with E-state index in [1.165, 1.54) is 4.90 Å². The quantitative estimate of drug-likeness (QED) is 0.397. The zero-order valence-corrected chi connectivity index (χ0v) is 18.6. The van der Waals surface area contributed by atoms with E-state index in [0.29, 0.717) is 35.8 Å². The van der Waals surface area contributed by atoms with E-state index in [1.807, 2.05) is 18.2 Å². The summed E-state index contributed by atoms with van der Waals surface area (Å²) >= 11 is 0. The van der Waals surface area contributed by atoms with Gasteiger partial charge in [-0.3, -0.25) is 9.59 Å². The van der Waals surface area contributed by atoms with E-state index in [1.54, 1.807) is 60.7 Å². The van der Waals surface area contributed by atoms with Gasteiger partial charge in [0.05, 0.1) is 12.3 Å². The fourth-order valence-corrected chi connectivity index (χ4v) is 3.34. The molecule has 1 atom stereocenters. The lowest BCUT2D eigenvalue weighted by atomic mass is 9.86. The van der Waals surface area contributed by atoms with Crippen molar-refractivity contribution in [2.45, 2.75) is 32.3 Å². The van der Waals surface area contributed by atoms with Crippen LogP contribution >= 0.6 is 0 Å². The van der Waals surface area contributed by atoms with Crippen LogP contribution in [-0.2, 0) is 10.2 Å². The Kier molecular flexibility index (Phi) is 6.10. The lowest BCUT2D eigenvalue weighted by molar-refractivity contribution is 0.0897. The van der Waals surface area contributed by atoms with E-state index >= 15 is 0 Å². The minimum Gasteiger partial charge on any atom is -0.491 e. The maximum Gasteiger partial charge on any atom is 0.265 e. The summed E-state index contributed by atoms with van der Waals surface area (Å²) in [6.07, 6.45) is 0.115. The number of hydrogen-bond donors (Lipinski definition) is 0. The molecule has 5 heteroatoms. The van der Waals surface area contributed by atoms with Crippen molar-refractivity contribution in [1.29, 1.82) is 0 Å². The van der Waals surface area contributed by atoms with Gasteiger partial charge < -0.3 is 9.47 Å². The topological polar surface area (TPSA) is 59.1 Å². The lowest BCUT2D eigenvalue weighted by Crippen LogP contribution is -2.37. The second-order valence-corrected chi connectivity index (χ2v) is 8.90. The summed E-state index contributed by atoms with van der Waals surface area (Å²) in [5.74, 6) is -0.195. The maximum atomic E-state index is 13.6. The summed E-state index contributed by atoms with van der Waals surface area (Å²) in [5.41, 5.74) is 2.42. The van der Waals surface area contributed by atoms with E-state index in [-0.39, 0.29) is 17.4 Å². The van der Waals surface area contributed by atoms with E-state index in [0.717, 1.165) is 5.56 Å². The smallest absolute Gasteiger partial charge is 0.265 e. The van der Waals surface area contributed by atoms with Crippen LogP contribution < -0.4 is 9.64 Å². The average Bonchev–Trinajstić information content (AvgIpc) is 3.63. The van der Waals surface area contributed by atoms with Crippen molar-refractivity contribution >= 4 is 17.5 Å². The molecule has 0 bridgehead atoms. The van der Waals surface area contributed by atoms with Crippen LogP contribution in [0.2, 0.25) is 0 Å². The van der Waals surface area contributed by atoms with Gasteiger partial charge in [-0.1, -0.05) is 57.2 Å². The first-order valence-corrected chi connectivity index (χ1v) is 10.7. The van der Waals surface area contributed by atoms with E-state index < -0.39 is 5.91 Å². The van der Waals surface area contributed by atoms with Gasteiger partial charge in [-0.2, -0.15) is 0 Å². The van der Waals surface area contributed by atoms with Crippen LogP contribution in [0.25, 0.3) is 0 Å². The number of rotatable bonds is 6. The van der Waals surface area contributed by atoms with Gasteiger partial charge in [0.1, 0.15) is 18.5 Å². The molecule has 0 aromatic heterocycles. The van der Waals surface area contributed by atoms with Crippen molar-refractivity contribution in [3.63, 3.8) is 0 Å². The highest BCUT2D eigenvalue weighted by Gasteiger charge is 2.27. The number of anilines is 1. The van der Waals surface area contributed by atoms with Gasteiger partial charge in [-0.15, -0.1) is 0 Å². The summed E-state index contributed by atoms with van der Waals surface area (Å²) in [5, 5.41) is 0. The molecule has 1 heterocycles. The van der Waals surface area contributed by atoms with Crippen LogP contribution in [0.15, 0.2) is 78.9 Å². The first-order valence-electron chi connectivity index (χ1n) is 10.7. The highest BCUT2D eigenvalue weighted by Crippen LogP contribution is 2.27. The monoisotopic (exact) mass is 429 g/mol. The van der Waals surface area contributed by atoms with Crippen molar-refractivity contribution in [2.24, 2.45) is 0 Å². The van der Waals surface area contributed by atoms with Gasteiger partial charge >= 0.3 is 0 Å². The molecule has 0 radical (unpaired) electrons. The Morgan fingerprint density at radius 1 is 0.906 bits per heavy atom. The van der Waals surface area contributed by atoms with Gasteiger partial charge in [-0.25, -0.2) is 4.90 Å². The molecule has 1 saturated heterocycles. The SMILES string of the molecule is CC(C)(C)c1ccc(C(=O)N(C(=O)c2ccccc2)c2cccc(OCC3CO3)c2)cc1. The molecule has 0 aliphatic carbocycles. The average molecular weight is 430 g/mol. The Labute approximate surface area is 188 Å². The van der Waals surface area contributed by atoms with Crippen LogP contribution in [0.3, 0.4) is 0 Å². The first-order chi connectivity index (χ1) is 15.3. The van der Waals surface area contributed by atoms with Crippen molar-refractivity contribution in [2.75, 3.05) is 18.1 Å². The standard InChI is InChI=1S/C27H27NO4/c1-27(2,3)21-14-12-20(13-15-21)26(30)28(25(29)19-8-5-4-6-9-19)22-10-7-11-23(16-22)31-17-24-18-32-24/h4-16,24H,17-18H2,1-3H3. The number of benzene rings is 3. The summed E-state index contributed by atoms with van der Waals surface area (Å²) in [4.78, 5) is 28.2. The molecular weight excluding hydrogens is 402 g/mol. The van der Waals surface area contributed by atoms with Crippen molar-refractivity contribution in [1.82, 2.24) is 0 Å². The van der Waals surface area contributed by atoms with Gasteiger partial charge in [0.15, 0.2) is 0 Å². The Hall–Kier alpha value is -3.44. The third kappa shape index (κ3) is 5.06. The highest BCUT2D eigenvalue weighted by atomic mass is 16.6. The summed E-state index contributed by atoms with van der Waals surface area (Å²) < 4.78 is 11.0. The molecule has 0 spiro atoms. The Morgan fingerprint density at radius 2 is 1.53 bits per heavy atom. The molecule has 4 rings (SSSR count). The fourth-order valence-electron chi connectivity index (χ4n) is 3.34. The number of carbonyl (C=O) groups excluding carboxylic acids is 2. The second kappa shape index (κ2) is 8.97. The largest absolute Gasteiger partial charge is 0.491 e. The normalized spacial score (nSPS) is 15.2. The minimum atomic E-state index is -0.391. The van der Waals surface area contributed by atoms with Crippen LogP contribution in [-0.4, -0.2) is 31.1 Å². The third-order valence-electron chi connectivity index (χ3n) is 5.34. The molecule has 1 aliphatic rings. The third-order valence-corrected chi connectivity index (χ3v) is 5.34. The zero-order chi connectivity index (χ0) is 22.7. The molecule has 0 N–H and O–H groups in total. The lowest BCUT2D eigenvalue weighted by Gasteiger charge is -2.23. The van der Waals surface area contributed by atoms with E-state index in [4.69, 9.17) is 9.47 Å². The molecule has 164 valence electrons. The van der Waals surface area contributed by atoms with Gasteiger partial charge in [0.25, 0.3) is 11.8 Å². The zero-order valence-electron chi connectivity index (χ0n) is 18.6. The molecule has 3 aromatic carbocycles. The Morgan fingerprint density at radius 3 is 2.12 bits per heavy atom. The predicted octanol–water partition coefficient (Wildman–Crippen LogP) is 5.25. The number of epoxide rings is 1. The van der Waals surface area contributed by atoms with Crippen molar-refractivity contribution in [3.8, 4) is 5.75 Å². The highest BCUT2D eigenvalue weighted by molar-refractivity contribution is 6.25. The van der Waals surface area contributed by atoms with Crippen LogP contribution in [0.4, 0.5) is 5.69 Å². The van der Waals surface area contributed by atoms with Gasteiger partial charge in [0.2, 0.25) is 0 Å². The van der Waals surface area contributed by atoms with Gasteiger partial charge in [-0.05, 0) is 47.4 Å². The van der Waals surface area contributed by atoms with E-state index in [9.17, 15) is 9.59 Å². The number of ether oxygens (including phenoxy) is 2. The number of imide groups is 1. The van der Waals surface area contributed by atoms with Crippen LogP contribution in [0.5, 0.6) is 5.75 Å². The second-order valence-electron chi connectivity index (χ2n) is 8.90. The summed E-state index contributed by atoms with van der Waals surface area (Å²) in [6.45, 7) is 7.49. The number of hydrogen-bond acceptors (Lipinski definition) is 4. The molecule has 5 nitrogen and oxygen atoms in total. The summed E-state index contributed by atoms with van der Waals surface area (Å²) in [6, 6.07) is 23.3. The predicted molar refractivity (Wildman–Crippen MR) is 124 cm³/mol. The summed E-state index contributed by atoms with van der Waals surface area (Å²) in [7, 11) is 0. The fraction of sp³-hybridized carbons (Fsp3) is 0.259. The van der Waals surface area contributed by atoms with E-state index in [2.05, 4.69) is 20.8 Å². The minimum absolute atomic E-state index is 0.0297. The van der Waals surface area contributed by atoms with Crippen LogP contribution in [0.1, 0.15) is 47.1 Å². The molecule has 2 amide bonds. The Balaban J connectivity index is 1.68. The van der Waals surface area contributed by atoms with Crippen LogP contribution in [0, 0.1) is 0 Å². The number of nitrogens with zero attached hydrogens (tertiary/aromatic N) is 1. The first kappa shape index (κ1) is 21.8.